The highest BCUT2D eigenvalue weighted by molar-refractivity contribution is 5.76. The van der Waals surface area contributed by atoms with E-state index in [1.165, 1.54) is 5.56 Å². The molecule has 1 aromatic rings. The summed E-state index contributed by atoms with van der Waals surface area (Å²) in [6.45, 7) is 9.09. The van der Waals surface area contributed by atoms with E-state index in [4.69, 9.17) is 0 Å². The third-order valence-electron chi connectivity index (χ3n) is 3.34. The van der Waals surface area contributed by atoms with E-state index in [1.807, 2.05) is 41.8 Å². The summed E-state index contributed by atoms with van der Waals surface area (Å²) in [5.74, 6) is 0.0895. The van der Waals surface area contributed by atoms with Crippen molar-refractivity contribution in [1.29, 1.82) is 0 Å². The lowest BCUT2D eigenvalue weighted by Gasteiger charge is -2.21. The maximum Gasteiger partial charge on any atom is 0.244 e. The van der Waals surface area contributed by atoms with Crippen molar-refractivity contribution in [2.45, 2.75) is 46.8 Å². The molecule has 0 fully saturated rings. The van der Waals surface area contributed by atoms with Crippen LogP contribution in [0.3, 0.4) is 0 Å². The zero-order valence-corrected chi connectivity index (χ0v) is 12.2. The zero-order valence-electron chi connectivity index (χ0n) is 12.2. The van der Waals surface area contributed by atoms with Crippen LogP contribution in [0.4, 0.5) is 0 Å². The van der Waals surface area contributed by atoms with Crippen LogP contribution in [-0.4, -0.2) is 40.7 Å². The van der Waals surface area contributed by atoms with Gasteiger partial charge in [-0.05, 0) is 34.7 Å². The number of hydrogen-bond acceptors (Lipinski definition) is 3. The Balaban J connectivity index is 2.86. The maximum absolute atomic E-state index is 12.0. The van der Waals surface area contributed by atoms with Gasteiger partial charge in [-0.25, -0.2) is 0 Å². The van der Waals surface area contributed by atoms with Crippen LogP contribution < -0.4 is 5.32 Å². The smallest absolute Gasteiger partial charge is 0.244 e. The van der Waals surface area contributed by atoms with Crippen LogP contribution in [0.1, 0.15) is 30.8 Å². The van der Waals surface area contributed by atoms with Gasteiger partial charge in [0.05, 0.1) is 5.69 Å². The number of aryl methyl sites for hydroxylation is 1. The lowest BCUT2D eigenvalue weighted by Crippen LogP contribution is -2.36. The molecule has 0 aliphatic rings. The fourth-order valence-electron chi connectivity index (χ4n) is 1.85. The average molecular weight is 252 g/mol. The van der Waals surface area contributed by atoms with Gasteiger partial charge in [-0.1, -0.05) is 0 Å². The van der Waals surface area contributed by atoms with Crippen LogP contribution in [-0.2, 0) is 17.9 Å². The number of likely N-dealkylation sites (N-methyl/N-ethyl adjacent to an activating group) is 1. The van der Waals surface area contributed by atoms with Crippen LogP contribution in [0.15, 0.2) is 0 Å². The van der Waals surface area contributed by atoms with Gasteiger partial charge < -0.3 is 10.2 Å². The Labute approximate surface area is 109 Å². The third-order valence-corrected chi connectivity index (χ3v) is 3.34. The monoisotopic (exact) mass is 252 g/mol. The Bertz CT molecular complexity index is 423. The Morgan fingerprint density at radius 1 is 1.44 bits per heavy atom. The minimum absolute atomic E-state index is 0.0895. The summed E-state index contributed by atoms with van der Waals surface area (Å²) in [7, 11) is 3.74. The Morgan fingerprint density at radius 3 is 2.56 bits per heavy atom. The second-order valence-electron chi connectivity index (χ2n) is 4.94. The molecule has 1 aromatic heterocycles. The SMILES string of the molecule is CNCc1c(C)nn(CC(=O)N(C)C(C)C)c1C. The fraction of sp³-hybridized carbons (Fsp3) is 0.692. The Morgan fingerprint density at radius 2 is 2.06 bits per heavy atom. The van der Waals surface area contributed by atoms with Crippen molar-refractivity contribution >= 4 is 5.91 Å². The Kier molecular flexibility index (Phi) is 4.90. The number of hydrogen-bond donors (Lipinski definition) is 1. The van der Waals surface area contributed by atoms with Crippen LogP contribution in [0.2, 0.25) is 0 Å². The minimum Gasteiger partial charge on any atom is -0.342 e. The molecule has 0 saturated carbocycles. The molecule has 5 nitrogen and oxygen atoms in total. The molecule has 1 amide bonds. The largest absolute Gasteiger partial charge is 0.342 e. The fourth-order valence-corrected chi connectivity index (χ4v) is 1.85. The predicted octanol–water partition coefficient (Wildman–Crippen LogP) is 1.09. The molecule has 0 spiro atoms. The second-order valence-corrected chi connectivity index (χ2v) is 4.94. The molecule has 0 aliphatic heterocycles. The molecule has 0 aliphatic carbocycles. The van der Waals surface area contributed by atoms with Crippen LogP contribution >= 0.6 is 0 Å². The van der Waals surface area contributed by atoms with E-state index in [9.17, 15) is 4.79 Å². The maximum atomic E-state index is 12.0. The van der Waals surface area contributed by atoms with Gasteiger partial charge >= 0.3 is 0 Å². The van der Waals surface area contributed by atoms with Crippen LogP contribution in [0, 0.1) is 13.8 Å². The standard InChI is InChI=1S/C13H24N4O/c1-9(2)16(6)13(18)8-17-11(4)12(7-14-5)10(3)15-17/h9,14H,7-8H2,1-6H3. The van der Waals surface area contributed by atoms with Crippen LogP contribution in [0.5, 0.6) is 0 Å². The lowest BCUT2D eigenvalue weighted by molar-refractivity contribution is -0.132. The van der Waals surface area contributed by atoms with E-state index < -0.39 is 0 Å². The summed E-state index contributed by atoms with van der Waals surface area (Å²) in [6, 6.07) is 0.214. The normalized spacial score (nSPS) is 11.1. The minimum atomic E-state index is 0.0895. The summed E-state index contributed by atoms with van der Waals surface area (Å²) in [5.41, 5.74) is 3.23. The molecule has 0 saturated heterocycles. The summed E-state index contributed by atoms with van der Waals surface area (Å²) >= 11 is 0. The van der Waals surface area contributed by atoms with Gasteiger partial charge in [0.1, 0.15) is 6.54 Å². The van der Waals surface area contributed by atoms with Crippen molar-refractivity contribution in [2.75, 3.05) is 14.1 Å². The number of nitrogens with one attached hydrogen (secondary N) is 1. The molecule has 0 bridgehead atoms. The molecular weight excluding hydrogens is 228 g/mol. The van der Waals surface area contributed by atoms with Gasteiger partial charge in [0.2, 0.25) is 5.91 Å². The van der Waals surface area contributed by atoms with Crippen molar-refractivity contribution in [3.63, 3.8) is 0 Å². The van der Waals surface area contributed by atoms with E-state index >= 15 is 0 Å². The summed E-state index contributed by atoms with van der Waals surface area (Å²) in [4.78, 5) is 13.8. The average Bonchev–Trinajstić information content (AvgIpc) is 2.56. The molecule has 5 heteroatoms. The van der Waals surface area contributed by atoms with Crippen molar-refractivity contribution in [3.8, 4) is 0 Å². The van der Waals surface area contributed by atoms with Crippen molar-refractivity contribution < 1.29 is 4.79 Å². The highest BCUT2D eigenvalue weighted by atomic mass is 16.2. The first-order valence-electron chi connectivity index (χ1n) is 6.31. The van der Waals surface area contributed by atoms with Gasteiger partial charge in [-0.3, -0.25) is 9.48 Å². The van der Waals surface area contributed by atoms with Crippen molar-refractivity contribution in [1.82, 2.24) is 20.0 Å². The molecule has 102 valence electrons. The first-order chi connectivity index (χ1) is 8.38. The molecule has 0 unspecified atom stereocenters. The van der Waals surface area contributed by atoms with Crippen molar-refractivity contribution in [3.05, 3.63) is 17.0 Å². The lowest BCUT2D eigenvalue weighted by atomic mass is 10.2. The molecule has 1 rings (SSSR count). The van der Waals surface area contributed by atoms with E-state index in [2.05, 4.69) is 10.4 Å². The van der Waals surface area contributed by atoms with Gasteiger partial charge in [-0.2, -0.15) is 5.10 Å². The molecular formula is C13H24N4O. The third kappa shape index (κ3) is 3.10. The highest BCUT2D eigenvalue weighted by Crippen LogP contribution is 2.13. The topological polar surface area (TPSA) is 50.2 Å². The molecule has 0 atom stereocenters. The van der Waals surface area contributed by atoms with E-state index in [0.29, 0.717) is 6.54 Å². The number of amides is 1. The zero-order chi connectivity index (χ0) is 13.9. The Hall–Kier alpha value is -1.36. The molecule has 1 heterocycles. The van der Waals surface area contributed by atoms with Crippen molar-refractivity contribution in [2.24, 2.45) is 0 Å². The van der Waals surface area contributed by atoms with Gasteiger partial charge in [0, 0.05) is 30.9 Å². The first kappa shape index (κ1) is 14.7. The van der Waals surface area contributed by atoms with E-state index in [-0.39, 0.29) is 11.9 Å². The first-order valence-corrected chi connectivity index (χ1v) is 6.31. The number of rotatable bonds is 5. The number of nitrogens with zero attached hydrogens (tertiary/aromatic N) is 3. The molecule has 18 heavy (non-hydrogen) atoms. The van der Waals surface area contributed by atoms with Crippen LogP contribution in [0.25, 0.3) is 0 Å². The predicted molar refractivity (Wildman–Crippen MR) is 72.4 cm³/mol. The quantitative estimate of drug-likeness (QED) is 0.853. The van der Waals surface area contributed by atoms with Gasteiger partial charge in [0.15, 0.2) is 0 Å². The summed E-state index contributed by atoms with van der Waals surface area (Å²) < 4.78 is 1.79. The molecule has 0 radical (unpaired) electrons. The van der Waals surface area contributed by atoms with E-state index in [1.54, 1.807) is 9.58 Å². The summed E-state index contributed by atoms with van der Waals surface area (Å²) in [5, 5.41) is 7.56. The number of carbonyl (C=O) groups excluding carboxylic acids is 1. The number of aromatic nitrogens is 2. The second kappa shape index (κ2) is 6.00. The number of carbonyl (C=O) groups is 1. The summed E-state index contributed by atoms with van der Waals surface area (Å²) in [6.07, 6.45) is 0. The van der Waals surface area contributed by atoms with Gasteiger partial charge in [-0.15, -0.1) is 0 Å². The molecule has 1 N–H and O–H groups in total. The molecule has 0 aromatic carbocycles. The van der Waals surface area contributed by atoms with E-state index in [0.717, 1.165) is 17.9 Å². The highest BCUT2D eigenvalue weighted by Gasteiger charge is 2.16. The van der Waals surface area contributed by atoms with Gasteiger partial charge in [0.25, 0.3) is 0 Å².